The Balaban J connectivity index is 2.51. The molecule has 3 N–H and O–H groups in total. The van der Waals surface area contributed by atoms with Crippen LogP contribution in [0.1, 0.15) is 20.3 Å². The Kier molecular flexibility index (Phi) is 8.01. The van der Waals surface area contributed by atoms with Crippen LogP contribution < -0.4 is 10.5 Å². The number of amides is 2. The van der Waals surface area contributed by atoms with Gasteiger partial charge in [0.15, 0.2) is 0 Å². The van der Waals surface area contributed by atoms with E-state index in [2.05, 4.69) is 5.32 Å². The van der Waals surface area contributed by atoms with Crippen molar-refractivity contribution in [2.75, 3.05) is 38.5 Å². The first-order valence-corrected chi connectivity index (χ1v) is 9.61. The normalized spacial score (nSPS) is 11.4. The van der Waals surface area contributed by atoms with E-state index in [-0.39, 0.29) is 29.7 Å². The Morgan fingerprint density at radius 2 is 1.84 bits per heavy atom. The smallest absolute Gasteiger partial charge is 0.238 e. The summed E-state index contributed by atoms with van der Waals surface area (Å²) in [5.74, 6) is -0.248. The molecule has 0 fully saturated rings. The van der Waals surface area contributed by atoms with Crippen molar-refractivity contribution in [2.24, 2.45) is 5.14 Å². The van der Waals surface area contributed by atoms with Crippen LogP contribution in [0, 0.1) is 0 Å². The van der Waals surface area contributed by atoms with Crippen LogP contribution in [-0.4, -0.2) is 63.3 Å². The van der Waals surface area contributed by atoms with Crippen LogP contribution >= 0.6 is 0 Å². The molecule has 0 heterocycles. The van der Waals surface area contributed by atoms with Gasteiger partial charge in [0, 0.05) is 31.7 Å². The summed E-state index contributed by atoms with van der Waals surface area (Å²) < 4.78 is 22.6. The molecule has 0 aliphatic heterocycles. The summed E-state index contributed by atoms with van der Waals surface area (Å²) in [5.41, 5.74) is 0.360. The van der Waals surface area contributed by atoms with Gasteiger partial charge >= 0.3 is 0 Å². The number of nitrogens with two attached hydrogens (primary N) is 1. The van der Waals surface area contributed by atoms with Gasteiger partial charge in [-0.05, 0) is 39.1 Å². The monoisotopic (exact) mass is 370 g/mol. The summed E-state index contributed by atoms with van der Waals surface area (Å²) >= 11 is 0. The van der Waals surface area contributed by atoms with E-state index in [0.717, 1.165) is 0 Å². The van der Waals surface area contributed by atoms with Crippen molar-refractivity contribution in [2.45, 2.75) is 25.2 Å². The number of nitrogens with one attached hydrogen (secondary N) is 1. The van der Waals surface area contributed by atoms with Gasteiger partial charge in [0.2, 0.25) is 21.8 Å². The molecular formula is C16H26N4O4S. The molecule has 2 amide bonds. The predicted octanol–water partition coefficient (Wildman–Crippen LogP) is 0.463. The maximum Gasteiger partial charge on any atom is 0.238 e. The molecule has 1 aromatic carbocycles. The van der Waals surface area contributed by atoms with E-state index in [4.69, 9.17) is 5.14 Å². The van der Waals surface area contributed by atoms with Crippen LogP contribution in [0.5, 0.6) is 0 Å². The fraction of sp³-hybridized carbons (Fsp3) is 0.500. The Morgan fingerprint density at radius 1 is 1.20 bits per heavy atom. The zero-order chi connectivity index (χ0) is 19.0. The Labute approximate surface area is 149 Å². The first kappa shape index (κ1) is 21.1. The summed E-state index contributed by atoms with van der Waals surface area (Å²) in [4.78, 5) is 27.4. The highest BCUT2D eigenvalue weighted by Gasteiger charge is 2.14. The standard InChI is InChI=1S/C16H26N4O4S/c1-4-20(5-2)16(22)12-19(3)10-9-15(21)18-13-7-6-8-14(11-13)25(17,23)24/h6-8,11H,4-5,9-10,12H2,1-3H3,(H,18,21)(H2,17,23,24). The third-order valence-electron chi connectivity index (χ3n) is 3.69. The van der Waals surface area contributed by atoms with Crippen LogP contribution in [0.15, 0.2) is 29.2 Å². The number of nitrogens with zero attached hydrogens (tertiary/aromatic N) is 2. The lowest BCUT2D eigenvalue weighted by Gasteiger charge is -2.22. The van der Waals surface area contributed by atoms with Gasteiger partial charge < -0.3 is 10.2 Å². The second-order valence-electron chi connectivity index (χ2n) is 5.67. The van der Waals surface area contributed by atoms with Crippen LogP contribution in [0.2, 0.25) is 0 Å². The van der Waals surface area contributed by atoms with Crippen molar-refractivity contribution in [1.82, 2.24) is 9.80 Å². The lowest BCUT2D eigenvalue weighted by atomic mass is 10.3. The fourth-order valence-corrected chi connectivity index (χ4v) is 2.81. The number of carbonyl (C=O) groups is 2. The van der Waals surface area contributed by atoms with Crippen LogP contribution in [0.25, 0.3) is 0 Å². The topological polar surface area (TPSA) is 113 Å². The van der Waals surface area contributed by atoms with E-state index in [1.165, 1.54) is 18.2 Å². The molecule has 0 bridgehead atoms. The van der Waals surface area contributed by atoms with Gasteiger partial charge in [-0.1, -0.05) is 6.07 Å². The maximum absolute atomic E-state index is 12.0. The van der Waals surface area contributed by atoms with E-state index in [9.17, 15) is 18.0 Å². The summed E-state index contributed by atoms with van der Waals surface area (Å²) in [6.07, 6.45) is 0.182. The van der Waals surface area contributed by atoms with E-state index >= 15 is 0 Å². The highest BCUT2D eigenvalue weighted by atomic mass is 32.2. The minimum atomic E-state index is -3.82. The summed E-state index contributed by atoms with van der Waals surface area (Å²) in [5, 5.41) is 7.69. The van der Waals surface area contributed by atoms with Crippen molar-refractivity contribution in [3.63, 3.8) is 0 Å². The lowest BCUT2D eigenvalue weighted by molar-refractivity contribution is -0.132. The minimum absolute atomic E-state index is 0.0220. The summed E-state index contributed by atoms with van der Waals surface area (Å²) in [6, 6.07) is 5.75. The van der Waals surface area contributed by atoms with Gasteiger partial charge in [0.25, 0.3) is 0 Å². The van der Waals surface area contributed by atoms with Gasteiger partial charge in [0.05, 0.1) is 11.4 Å². The van der Waals surface area contributed by atoms with Crippen molar-refractivity contribution in [3.8, 4) is 0 Å². The highest BCUT2D eigenvalue weighted by Crippen LogP contribution is 2.14. The molecule has 0 unspecified atom stereocenters. The SMILES string of the molecule is CCN(CC)C(=O)CN(C)CCC(=O)Nc1cccc(S(N)(=O)=O)c1. The molecule has 0 aliphatic carbocycles. The fourth-order valence-electron chi connectivity index (χ4n) is 2.25. The third-order valence-corrected chi connectivity index (χ3v) is 4.60. The van der Waals surface area contributed by atoms with Gasteiger partial charge in [-0.3, -0.25) is 14.5 Å². The number of anilines is 1. The quantitative estimate of drug-likeness (QED) is 0.656. The maximum atomic E-state index is 12.0. The number of carbonyl (C=O) groups excluding carboxylic acids is 2. The number of benzene rings is 1. The Morgan fingerprint density at radius 3 is 2.40 bits per heavy atom. The second-order valence-corrected chi connectivity index (χ2v) is 7.24. The molecule has 0 aliphatic rings. The van der Waals surface area contributed by atoms with E-state index in [1.807, 2.05) is 13.8 Å². The molecule has 25 heavy (non-hydrogen) atoms. The lowest BCUT2D eigenvalue weighted by Crippen LogP contribution is -2.39. The van der Waals surface area contributed by atoms with Gasteiger partial charge in [-0.25, -0.2) is 13.6 Å². The number of sulfonamides is 1. The molecule has 0 atom stereocenters. The third kappa shape index (κ3) is 7.20. The molecule has 0 saturated heterocycles. The molecule has 1 rings (SSSR count). The first-order chi connectivity index (χ1) is 11.7. The van der Waals surface area contributed by atoms with E-state index in [0.29, 0.717) is 25.3 Å². The van der Waals surface area contributed by atoms with Crippen molar-refractivity contribution >= 4 is 27.5 Å². The average molecular weight is 370 g/mol. The molecular weight excluding hydrogens is 344 g/mol. The van der Waals surface area contributed by atoms with Crippen LogP contribution in [0.3, 0.4) is 0 Å². The number of primary sulfonamides is 1. The Hall–Kier alpha value is -1.97. The molecule has 0 saturated carbocycles. The molecule has 0 radical (unpaired) electrons. The van der Waals surface area contributed by atoms with Crippen molar-refractivity contribution < 1.29 is 18.0 Å². The summed E-state index contributed by atoms with van der Waals surface area (Å²) in [7, 11) is -2.04. The van der Waals surface area contributed by atoms with Crippen LogP contribution in [0.4, 0.5) is 5.69 Å². The molecule has 1 aromatic rings. The number of likely N-dealkylation sites (N-methyl/N-ethyl adjacent to an activating group) is 2. The Bertz CT molecular complexity index is 702. The zero-order valence-electron chi connectivity index (χ0n) is 14.9. The minimum Gasteiger partial charge on any atom is -0.342 e. The number of hydrogen-bond acceptors (Lipinski definition) is 5. The van der Waals surface area contributed by atoms with Gasteiger partial charge in [-0.15, -0.1) is 0 Å². The molecule has 9 heteroatoms. The van der Waals surface area contributed by atoms with Gasteiger partial charge in [0.1, 0.15) is 0 Å². The van der Waals surface area contributed by atoms with Crippen molar-refractivity contribution in [1.29, 1.82) is 0 Å². The van der Waals surface area contributed by atoms with Gasteiger partial charge in [-0.2, -0.15) is 0 Å². The second kappa shape index (κ2) is 9.50. The van der Waals surface area contributed by atoms with E-state index in [1.54, 1.807) is 22.9 Å². The first-order valence-electron chi connectivity index (χ1n) is 8.06. The molecule has 0 spiro atoms. The number of hydrogen-bond donors (Lipinski definition) is 2. The molecule has 8 nitrogen and oxygen atoms in total. The molecule has 140 valence electrons. The van der Waals surface area contributed by atoms with Crippen LogP contribution in [-0.2, 0) is 19.6 Å². The largest absolute Gasteiger partial charge is 0.342 e. The number of rotatable bonds is 9. The van der Waals surface area contributed by atoms with E-state index < -0.39 is 10.0 Å². The molecule has 0 aromatic heterocycles. The average Bonchev–Trinajstić information content (AvgIpc) is 2.53. The highest BCUT2D eigenvalue weighted by molar-refractivity contribution is 7.89. The predicted molar refractivity (Wildman–Crippen MR) is 96.5 cm³/mol. The summed E-state index contributed by atoms with van der Waals surface area (Å²) in [6.45, 7) is 5.81. The van der Waals surface area contributed by atoms with Crippen molar-refractivity contribution in [3.05, 3.63) is 24.3 Å². The zero-order valence-corrected chi connectivity index (χ0v) is 15.7.